The van der Waals surface area contributed by atoms with E-state index >= 15 is 0 Å². The minimum Gasteiger partial charge on any atom is -0.444 e. The molecule has 1 aromatic rings. The van der Waals surface area contributed by atoms with Crippen LogP contribution in [0.5, 0.6) is 0 Å². The third-order valence-electron chi connectivity index (χ3n) is 5.17. The van der Waals surface area contributed by atoms with Crippen molar-refractivity contribution in [2.24, 2.45) is 0 Å². The SMILES string of the molecule is CN(CCCc1ccc2c(c1)C(=O)N(C1CCC(=O)NC1=O)C2=O)C(=O)OC(C)(C)C. The Morgan fingerprint density at radius 2 is 1.84 bits per heavy atom. The molecule has 1 saturated heterocycles. The van der Waals surface area contributed by atoms with E-state index in [0.717, 1.165) is 10.5 Å². The topological polar surface area (TPSA) is 113 Å². The number of carbonyl (C=O) groups excluding carboxylic acids is 5. The molecule has 1 aromatic carbocycles. The fourth-order valence-electron chi connectivity index (χ4n) is 3.63. The van der Waals surface area contributed by atoms with Gasteiger partial charge < -0.3 is 9.64 Å². The maximum atomic E-state index is 12.9. The van der Waals surface area contributed by atoms with Gasteiger partial charge in [-0.2, -0.15) is 0 Å². The first kappa shape index (κ1) is 22.5. The van der Waals surface area contributed by atoms with Crippen molar-refractivity contribution in [3.8, 4) is 0 Å². The van der Waals surface area contributed by atoms with Crippen LogP contribution in [0.25, 0.3) is 0 Å². The summed E-state index contributed by atoms with van der Waals surface area (Å²) in [4.78, 5) is 63.6. The molecule has 1 atom stereocenters. The van der Waals surface area contributed by atoms with Crippen LogP contribution in [-0.2, 0) is 20.7 Å². The van der Waals surface area contributed by atoms with E-state index in [0.29, 0.717) is 19.4 Å². The van der Waals surface area contributed by atoms with E-state index in [1.165, 1.54) is 4.90 Å². The number of carbonyl (C=O) groups is 5. The zero-order valence-corrected chi connectivity index (χ0v) is 18.2. The van der Waals surface area contributed by atoms with Gasteiger partial charge in [0, 0.05) is 20.0 Å². The molecule has 0 saturated carbocycles. The van der Waals surface area contributed by atoms with Gasteiger partial charge in [0.1, 0.15) is 11.6 Å². The monoisotopic (exact) mass is 429 g/mol. The van der Waals surface area contributed by atoms with Crippen LogP contribution in [0.15, 0.2) is 18.2 Å². The maximum absolute atomic E-state index is 12.9. The zero-order chi connectivity index (χ0) is 22.9. The Balaban J connectivity index is 1.63. The fraction of sp³-hybridized carbons (Fsp3) is 0.500. The highest BCUT2D eigenvalue weighted by atomic mass is 16.6. The number of rotatable bonds is 5. The largest absolute Gasteiger partial charge is 0.444 e. The minimum atomic E-state index is -0.976. The van der Waals surface area contributed by atoms with Crippen LogP contribution < -0.4 is 5.32 Å². The molecule has 166 valence electrons. The van der Waals surface area contributed by atoms with Gasteiger partial charge in [0.25, 0.3) is 11.8 Å². The van der Waals surface area contributed by atoms with Crippen LogP contribution in [0, 0.1) is 0 Å². The smallest absolute Gasteiger partial charge is 0.410 e. The third kappa shape index (κ3) is 4.92. The lowest BCUT2D eigenvalue weighted by atomic mass is 10.0. The van der Waals surface area contributed by atoms with Crippen LogP contribution in [0.2, 0.25) is 0 Å². The molecular weight excluding hydrogens is 402 g/mol. The van der Waals surface area contributed by atoms with Crippen molar-refractivity contribution >= 4 is 29.7 Å². The highest BCUT2D eigenvalue weighted by Crippen LogP contribution is 2.28. The van der Waals surface area contributed by atoms with E-state index < -0.39 is 41.4 Å². The van der Waals surface area contributed by atoms with Crippen LogP contribution in [0.4, 0.5) is 4.79 Å². The van der Waals surface area contributed by atoms with Crippen molar-refractivity contribution in [2.45, 2.75) is 58.1 Å². The van der Waals surface area contributed by atoms with Crippen LogP contribution in [0.3, 0.4) is 0 Å². The molecule has 2 aliphatic heterocycles. The highest BCUT2D eigenvalue weighted by molar-refractivity contribution is 6.23. The summed E-state index contributed by atoms with van der Waals surface area (Å²) in [5.74, 6) is -2.08. The lowest BCUT2D eigenvalue weighted by Gasteiger charge is -2.27. The summed E-state index contributed by atoms with van der Waals surface area (Å²) in [6, 6.07) is 4.05. The molecule has 3 rings (SSSR count). The predicted octanol–water partition coefficient (Wildman–Crippen LogP) is 1.89. The second-order valence-corrected chi connectivity index (χ2v) is 8.83. The van der Waals surface area contributed by atoms with Crippen molar-refractivity contribution in [1.82, 2.24) is 15.1 Å². The van der Waals surface area contributed by atoms with Gasteiger partial charge in [-0.25, -0.2) is 4.79 Å². The summed E-state index contributed by atoms with van der Waals surface area (Å²) >= 11 is 0. The molecule has 1 unspecified atom stereocenters. The Hall–Kier alpha value is -3.23. The first-order chi connectivity index (χ1) is 14.5. The molecule has 0 bridgehead atoms. The lowest BCUT2D eigenvalue weighted by Crippen LogP contribution is -2.54. The molecule has 5 amide bonds. The van der Waals surface area contributed by atoms with Crippen LogP contribution in [0.1, 0.15) is 66.3 Å². The summed E-state index contributed by atoms with van der Waals surface area (Å²) in [5, 5.41) is 2.18. The number of benzene rings is 1. The van der Waals surface area contributed by atoms with Crippen molar-refractivity contribution < 1.29 is 28.7 Å². The van der Waals surface area contributed by atoms with Crippen LogP contribution in [-0.4, -0.2) is 64.8 Å². The molecule has 0 aromatic heterocycles. The molecule has 2 heterocycles. The number of imide groups is 2. The molecule has 9 nitrogen and oxygen atoms in total. The quantitative estimate of drug-likeness (QED) is 0.715. The number of hydrogen-bond donors (Lipinski definition) is 1. The summed E-state index contributed by atoms with van der Waals surface area (Å²) in [5.41, 5.74) is 0.798. The Labute approximate surface area is 180 Å². The van der Waals surface area contributed by atoms with Crippen molar-refractivity contribution in [1.29, 1.82) is 0 Å². The molecule has 2 aliphatic rings. The van der Waals surface area contributed by atoms with Gasteiger partial charge in [0.15, 0.2) is 0 Å². The van der Waals surface area contributed by atoms with E-state index in [-0.39, 0.29) is 24.0 Å². The first-order valence-corrected chi connectivity index (χ1v) is 10.3. The standard InChI is InChI=1S/C22H27N3O6/c1-22(2,3)31-21(30)24(4)11-5-6-13-7-8-14-15(12-13)20(29)25(19(14)28)16-9-10-17(26)23-18(16)27/h7-8,12,16H,5-6,9-11H2,1-4H3,(H,23,26,27). The second-order valence-electron chi connectivity index (χ2n) is 8.83. The number of piperidine rings is 1. The van der Waals surface area contributed by atoms with Gasteiger partial charge in [-0.3, -0.25) is 29.4 Å². The Morgan fingerprint density at radius 1 is 1.16 bits per heavy atom. The van der Waals surface area contributed by atoms with E-state index in [1.807, 2.05) is 0 Å². The average molecular weight is 429 g/mol. The van der Waals surface area contributed by atoms with Crippen molar-refractivity contribution in [3.63, 3.8) is 0 Å². The number of hydrogen-bond acceptors (Lipinski definition) is 6. The minimum absolute atomic E-state index is 0.0836. The molecule has 1 fully saturated rings. The van der Waals surface area contributed by atoms with E-state index in [4.69, 9.17) is 4.74 Å². The Kier molecular flexibility index (Phi) is 6.15. The first-order valence-electron chi connectivity index (χ1n) is 10.3. The second kappa shape index (κ2) is 8.49. The molecule has 31 heavy (non-hydrogen) atoms. The fourth-order valence-corrected chi connectivity index (χ4v) is 3.63. The number of fused-ring (bicyclic) bond motifs is 1. The van der Waals surface area contributed by atoms with Gasteiger partial charge >= 0.3 is 6.09 Å². The average Bonchev–Trinajstić information content (AvgIpc) is 2.91. The summed E-state index contributed by atoms with van der Waals surface area (Å²) < 4.78 is 5.32. The van der Waals surface area contributed by atoms with Gasteiger partial charge in [-0.15, -0.1) is 0 Å². The number of aryl methyl sites for hydroxylation is 1. The molecule has 0 radical (unpaired) electrons. The summed E-state index contributed by atoms with van der Waals surface area (Å²) in [6.07, 6.45) is 1.05. The molecular formula is C22H27N3O6. The Morgan fingerprint density at radius 3 is 2.48 bits per heavy atom. The van der Waals surface area contributed by atoms with Gasteiger partial charge in [0.2, 0.25) is 11.8 Å². The molecule has 9 heteroatoms. The zero-order valence-electron chi connectivity index (χ0n) is 18.2. The number of nitrogens with one attached hydrogen (secondary N) is 1. The number of ether oxygens (including phenoxy) is 1. The van der Waals surface area contributed by atoms with Gasteiger partial charge in [-0.1, -0.05) is 6.07 Å². The third-order valence-corrected chi connectivity index (χ3v) is 5.17. The normalized spacial score (nSPS) is 18.7. The van der Waals surface area contributed by atoms with E-state index in [2.05, 4.69) is 5.32 Å². The van der Waals surface area contributed by atoms with Crippen LogP contribution >= 0.6 is 0 Å². The lowest BCUT2D eigenvalue weighted by molar-refractivity contribution is -0.136. The molecule has 0 aliphatic carbocycles. The van der Waals surface area contributed by atoms with Gasteiger partial charge in [-0.05, 0) is 57.7 Å². The molecule has 1 N–H and O–H groups in total. The maximum Gasteiger partial charge on any atom is 0.410 e. The summed E-state index contributed by atoms with van der Waals surface area (Å²) in [7, 11) is 1.66. The predicted molar refractivity (Wildman–Crippen MR) is 110 cm³/mol. The van der Waals surface area contributed by atoms with Crippen molar-refractivity contribution in [3.05, 3.63) is 34.9 Å². The van der Waals surface area contributed by atoms with E-state index in [9.17, 15) is 24.0 Å². The number of nitrogens with zero attached hydrogens (tertiary/aromatic N) is 2. The molecule has 0 spiro atoms. The number of amides is 5. The summed E-state index contributed by atoms with van der Waals surface area (Å²) in [6.45, 7) is 5.89. The highest BCUT2D eigenvalue weighted by Gasteiger charge is 2.44. The van der Waals surface area contributed by atoms with E-state index in [1.54, 1.807) is 46.0 Å². The Bertz CT molecular complexity index is 949. The van der Waals surface area contributed by atoms with Crippen molar-refractivity contribution in [2.75, 3.05) is 13.6 Å². The van der Waals surface area contributed by atoms with Gasteiger partial charge in [0.05, 0.1) is 11.1 Å².